The molecule has 0 saturated carbocycles. The van der Waals surface area contributed by atoms with Gasteiger partial charge in [0.25, 0.3) is 5.91 Å². The van der Waals surface area contributed by atoms with Gasteiger partial charge in [-0.1, -0.05) is 47.8 Å². The van der Waals surface area contributed by atoms with Crippen molar-refractivity contribution in [1.82, 2.24) is 9.38 Å². The van der Waals surface area contributed by atoms with E-state index < -0.39 is 0 Å². The number of aromatic nitrogens is 2. The molecule has 1 amide bonds. The topological polar surface area (TPSA) is 46.4 Å². The number of hydrogen-bond donors (Lipinski definition) is 1. The molecule has 0 aliphatic rings. The standard InChI is InChI=1S/C17H14Cl3N3O/c1-3-13-15(23-6-4-5-9(2)16(23)21-13)17(24)22-14-8-11(19)10(18)7-12(14)20/h4-8H,3H2,1-2H3,(H,22,24). The van der Waals surface area contributed by atoms with E-state index in [0.717, 1.165) is 16.9 Å². The second-order valence-corrected chi connectivity index (χ2v) is 6.57. The van der Waals surface area contributed by atoms with Crippen molar-refractivity contribution in [3.63, 3.8) is 0 Å². The number of fused-ring (bicyclic) bond motifs is 1. The Kier molecular flexibility index (Phi) is 4.72. The zero-order valence-electron chi connectivity index (χ0n) is 13.0. The molecule has 0 unspecified atom stereocenters. The first-order valence-corrected chi connectivity index (χ1v) is 8.48. The Morgan fingerprint density at radius 3 is 2.62 bits per heavy atom. The number of halogens is 3. The lowest BCUT2D eigenvalue weighted by Crippen LogP contribution is -2.16. The van der Waals surface area contributed by atoms with Crippen molar-refractivity contribution in [3.8, 4) is 0 Å². The largest absolute Gasteiger partial charge is 0.319 e. The van der Waals surface area contributed by atoms with E-state index in [1.165, 1.54) is 12.1 Å². The summed E-state index contributed by atoms with van der Waals surface area (Å²) >= 11 is 18.1. The number of benzene rings is 1. The third kappa shape index (κ3) is 2.97. The van der Waals surface area contributed by atoms with Crippen LogP contribution >= 0.6 is 34.8 Å². The summed E-state index contributed by atoms with van der Waals surface area (Å²) in [6.07, 6.45) is 2.46. The van der Waals surface area contributed by atoms with Gasteiger partial charge in [-0.05, 0) is 37.1 Å². The number of amides is 1. The Balaban J connectivity index is 2.06. The molecule has 1 aromatic carbocycles. The Bertz CT molecular complexity index is 950. The molecule has 0 aliphatic heterocycles. The molecule has 0 spiro atoms. The van der Waals surface area contributed by atoms with Crippen molar-refractivity contribution in [3.05, 3.63) is 62.5 Å². The number of carbonyl (C=O) groups is 1. The maximum absolute atomic E-state index is 12.8. The molecule has 124 valence electrons. The fourth-order valence-electron chi connectivity index (χ4n) is 2.54. The zero-order chi connectivity index (χ0) is 17.4. The maximum Gasteiger partial charge on any atom is 0.274 e. The van der Waals surface area contributed by atoms with Crippen molar-refractivity contribution in [1.29, 1.82) is 0 Å². The molecule has 2 aromatic heterocycles. The lowest BCUT2D eigenvalue weighted by molar-refractivity contribution is 0.102. The van der Waals surface area contributed by atoms with Crippen LogP contribution in [0, 0.1) is 6.92 Å². The number of rotatable bonds is 3. The van der Waals surface area contributed by atoms with E-state index in [-0.39, 0.29) is 5.91 Å². The van der Waals surface area contributed by atoms with Gasteiger partial charge in [-0.15, -0.1) is 0 Å². The summed E-state index contributed by atoms with van der Waals surface area (Å²) in [7, 11) is 0. The van der Waals surface area contributed by atoms with Gasteiger partial charge in [0.2, 0.25) is 0 Å². The third-order valence-corrected chi connectivity index (χ3v) is 4.76. The van der Waals surface area contributed by atoms with E-state index in [2.05, 4.69) is 10.3 Å². The quantitative estimate of drug-likeness (QED) is 0.615. The number of pyridine rings is 1. The summed E-state index contributed by atoms with van der Waals surface area (Å²) in [4.78, 5) is 17.4. The van der Waals surface area contributed by atoms with Gasteiger partial charge < -0.3 is 5.32 Å². The van der Waals surface area contributed by atoms with Crippen LogP contribution < -0.4 is 5.32 Å². The van der Waals surface area contributed by atoms with Gasteiger partial charge in [0.15, 0.2) is 0 Å². The van der Waals surface area contributed by atoms with Crippen molar-refractivity contribution < 1.29 is 4.79 Å². The summed E-state index contributed by atoms with van der Waals surface area (Å²) in [5.41, 5.74) is 3.37. The highest BCUT2D eigenvalue weighted by molar-refractivity contribution is 6.44. The van der Waals surface area contributed by atoms with Gasteiger partial charge in [0.1, 0.15) is 11.3 Å². The van der Waals surface area contributed by atoms with Crippen molar-refractivity contribution in [2.75, 3.05) is 5.32 Å². The summed E-state index contributed by atoms with van der Waals surface area (Å²) in [6, 6.07) is 6.87. The Labute approximate surface area is 154 Å². The molecular weight excluding hydrogens is 369 g/mol. The van der Waals surface area contributed by atoms with Crippen molar-refractivity contribution in [2.45, 2.75) is 20.3 Å². The molecule has 24 heavy (non-hydrogen) atoms. The number of nitrogens with zero attached hydrogens (tertiary/aromatic N) is 2. The fraction of sp³-hybridized carbons (Fsp3) is 0.176. The minimum Gasteiger partial charge on any atom is -0.319 e. The number of imidazole rings is 1. The summed E-state index contributed by atoms with van der Waals surface area (Å²) in [5.74, 6) is -0.301. The first-order valence-electron chi connectivity index (χ1n) is 7.34. The van der Waals surface area contributed by atoms with E-state index in [1.807, 2.05) is 32.2 Å². The molecule has 0 bridgehead atoms. The minimum atomic E-state index is -0.301. The van der Waals surface area contributed by atoms with Crippen LogP contribution in [0.5, 0.6) is 0 Å². The molecule has 0 aliphatic carbocycles. The number of hydrogen-bond acceptors (Lipinski definition) is 2. The number of aryl methyl sites for hydroxylation is 2. The van der Waals surface area contributed by atoms with Gasteiger partial charge >= 0.3 is 0 Å². The second-order valence-electron chi connectivity index (χ2n) is 5.35. The van der Waals surface area contributed by atoms with Gasteiger partial charge in [-0.2, -0.15) is 0 Å². The molecule has 7 heteroatoms. The Morgan fingerprint density at radius 1 is 1.21 bits per heavy atom. The number of anilines is 1. The summed E-state index contributed by atoms with van der Waals surface area (Å²) in [6.45, 7) is 3.92. The van der Waals surface area contributed by atoms with Gasteiger partial charge in [-0.3, -0.25) is 9.20 Å². The zero-order valence-corrected chi connectivity index (χ0v) is 15.3. The molecule has 0 saturated heterocycles. The van der Waals surface area contributed by atoms with E-state index in [0.29, 0.717) is 32.9 Å². The Hall–Kier alpha value is -1.75. The van der Waals surface area contributed by atoms with E-state index in [1.54, 1.807) is 4.40 Å². The fourth-order valence-corrected chi connectivity index (χ4v) is 3.13. The third-order valence-electron chi connectivity index (χ3n) is 3.73. The van der Waals surface area contributed by atoms with E-state index >= 15 is 0 Å². The van der Waals surface area contributed by atoms with Gasteiger partial charge in [0.05, 0.1) is 26.4 Å². The van der Waals surface area contributed by atoms with Crippen LogP contribution in [0.1, 0.15) is 28.7 Å². The Morgan fingerprint density at radius 2 is 1.92 bits per heavy atom. The van der Waals surface area contributed by atoms with Gasteiger partial charge in [-0.25, -0.2) is 4.98 Å². The lowest BCUT2D eigenvalue weighted by Gasteiger charge is -2.10. The number of carbonyl (C=O) groups excluding carboxylic acids is 1. The highest BCUT2D eigenvalue weighted by Crippen LogP contribution is 2.32. The van der Waals surface area contributed by atoms with Crippen LogP contribution in [0.25, 0.3) is 5.65 Å². The first kappa shape index (κ1) is 17.1. The van der Waals surface area contributed by atoms with E-state index in [4.69, 9.17) is 34.8 Å². The molecule has 0 radical (unpaired) electrons. The highest BCUT2D eigenvalue weighted by atomic mass is 35.5. The van der Waals surface area contributed by atoms with Crippen LogP contribution in [-0.2, 0) is 6.42 Å². The minimum absolute atomic E-state index is 0.301. The first-order chi connectivity index (χ1) is 11.4. The van der Waals surface area contributed by atoms with Crippen LogP contribution in [0.3, 0.4) is 0 Å². The predicted octanol–water partition coefficient (Wildman–Crippen LogP) is 5.42. The summed E-state index contributed by atoms with van der Waals surface area (Å²) < 4.78 is 1.79. The molecule has 0 atom stereocenters. The SMILES string of the molecule is CCc1nc2c(C)cccn2c1C(=O)Nc1cc(Cl)c(Cl)cc1Cl. The van der Waals surface area contributed by atoms with Crippen LogP contribution in [0.4, 0.5) is 5.69 Å². The smallest absolute Gasteiger partial charge is 0.274 e. The molecule has 4 nitrogen and oxygen atoms in total. The monoisotopic (exact) mass is 381 g/mol. The highest BCUT2D eigenvalue weighted by Gasteiger charge is 2.20. The van der Waals surface area contributed by atoms with Crippen molar-refractivity contribution in [2.24, 2.45) is 0 Å². The molecule has 2 heterocycles. The van der Waals surface area contributed by atoms with Crippen LogP contribution in [0.2, 0.25) is 15.1 Å². The molecule has 3 rings (SSSR count). The molecule has 1 N–H and O–H groups in total. The number of nitrogens with one attached hydrogen (secondary N) is 1. The van der Waals surface area contributed by atoms with Crippen LogP contribution in [-0.4, -0.2) is 15.3 Å². The average molecular weight is 383 g/mol. The predicted molar refractivity (Wildman–Crippen MR) is 98.7 cm³/mol. The van der Waals surface area contributed by atoms with Gasteiger partial charge in [0, 0.05) is 6.20 Å². The molecular formula is C17H14Cl3N3O. The second kappa shape index (κ2) is 6.63. The van der Waals surface area contributed by atoms with Crippen LogP contribution in [0.15, 0.2) is 30.5 Å². The molecule has 0 fully saturated rings. The lowest BCUT2D eigenvalue weighted by atomic mass is 10.2. The van der Waals surface area contributed by atoms with E-state index in [9.17, 15) is 4.79 Å². The normalized spacial score (nSPS) is 11.0. The summed E-state index contributed by atoms with van der Waals surface area (Å²) in [5, 5.41) is 3.77. The van der Waals surface area contributed by atoms with Crippen molar-refractivity contribution >= 4 is 52.0 Å². The molecule has 3 aromatic rings. The maximum atomic E-state index is 12.8. The average Bonchev–Trinajstić information content (AvgIpc) is 2.92.